The summed E-state index contributed by atoms with van der Waals surface area (Å²) in [6.07, 6.45) is 4.95. The van der Waals surface area contributed by atoms with Crippen molar-refractivity contribution in [2.75, 3.05) is 0 Å². The van der Waals surface area contributed by atoms with Crippen LogP contribution in [0.2, 0.25) is 0 Å². The van der Waals surface area contributed by atoms with Crippen molar-refractivity contribution in [1.29, 1.82) is 0 Å². The molecule has 1 aliphatic carbocycles. The maximum atomic E-state index is 12.6. The molecule has 0 amide bonds. The number of carbonyl (C=O) groups excluding carboxylic acids is 1. The average molecular weight is 393 g/mol. The van der Waals surface area contributed by atoms with Gasteiger partial charge in [-0.2, -0.15) is 0 Å². The Morgan fingerprint density at radius 3 is 3.18 bits per heavy atom. The Balaban J connectivity index is 1.39. The first-order valence-corrected chi connectivity index (χ1v) is 10.2. The molecular formula is C21H19N3O3S. The number of hydrogen-bond donors (Lipinski definition) is 1. The molecule has 7 heteroatoms. The smallest absolute Gasteiger partial charge is 0.338 e. The van der Waals surface area contributed by atoms with E-state index in [0.717, 1.165) is 23.7 Å². The molecule has 6 nitrogen and oxygen atoms in total. The van der Waals surface area contributed by atoms with Crippen LogP contribution in [0.1, 0.15) is 40.7 Å². The number of nitrogens with one attached hydrogen (secondary N) is 1. The lowest BCUT2D eigenvalue weighted by Crippen LogP contribution is -2.14. The quantitative estimate of drug-likeness (QED) is 0.538. The number of nitrogens with zero attached hydrogens (tertiary/aromatic N) is 2. The van der Waals surface area contributed by atoms with Crippen molar-refractivity contribution in [3.8, 4) is 0 Å². The molecule has 0 fully saturated rings. The summed E-state index contributed by atoms with van der Waals surface area (Å²) >= 11 is 1.37. The molecule has 3 heterocycles. The normalized spacial score (nSPS) is 16.4. The molecule has 1 atom stereocenters. The fourth-order valence-corrected chi connectivity index (χ4v) is 4.64. The van der Waals surface area contributed by atoms with Gasteiger partial charge in [0, 0.05) is 34.2 Å². The number of carbonyl (C=O) groups is 1. The minimum Gasteiger partial charge on any atom is -0.456 e. The van der Waals surface area contributed by atoms with E-state index in [-0.39, 0.29) is 12.2 Å². The molecule has 0 spiro atoms. The molecule has 0 saturated carbocycles. The molecule has 0 radical (unpaired) electrons. The van der Waals surface area contributed by atoms with Gasteiger partial charge in [-0.1, -0.05) is 6.92 Å². The van der Waals surface area contributed by atoms with Crippen molar-refractivity contribution < 1.29 is 9.53 Å². The zero-order valence-electron chi connectivity index (χ0n) is 15.4. The van der Waals surface area contributed by atoms with Crippen LogP contribution in [0.4, 0.5) is 0 Å². The van der Waals surface area contributed by atoms with Gasteiger partial charge in [-0.3, -0.25) is 9.20 Å². The zero-order valence-corrected chi connectivity index (χ0v) is 16.2. The Bertz CT molecular complexity index is 1270. The molecule has 28 heavy (non-hydrogen) atoms. The van der Waals surface area contributed by atoms with Crippen LogP contribution in [-0.2, 0) is 24.2 Å². The highest BCUT2D eigenvalue weighted by molar-refractivity contribution is 7.15. The maximum Gasteiger partial charge on any atom is 0.338 e. The van der Waals surface area contributed by atoms with E-state index in [1.807, 2.05) is 12.1 Å². The summed E-state index contributed by atoms with van der Waals surface area (Å²) in [4.78, 5) is 33.1. The minimum absolute atomic E-state index is 0.0250. The summed E-state index contributed by atoms with van der Waals surface area (Å²) in [6, 6.07) is 7.04. The van der Waals surface area contributed by atoms with E-state index in [1.54, 1.807) is 17.6 Å². The molecule has 0 saturated heterocycles. The van der Waals surface area contributed by atoms with Gasteiger partial charge < -0.3 is 9.72 Å². The third-order valence-electron chi connectivity index (χ3n) is 5.38. The van der Waals surface area contributed by atoms with E-state index in [0.29, 0.717) is 22.1 Å². The van der Waals surface area contributed by atoms with Gasteiger partial charge in [0.2, 0.25) is 0 Å². The zero-order chi connectivity index (χ0) is 19.3. The highest BCUT2D eigenvalue weighted by Gasteiger charge is 2.21. The first-order valence-electron chi connectivity index (χ1n) is 9.35. The fourth-order valence-electron chi connectivity index (χ4n) is 3.90. The van der Waals surface area contributed by atoms with Crippen LogP contribution in [0.25, 0.3) is 15.9 Å². The van der Waals surface area contributed by atoms with Crippen LogP contribution < -0.4 is 5.56 Å². The number of benzene rings is 1. The first kappa shape index (κ1) is 17.2. The number of fused-ring (bicyclic) bond motifs is 4. The molecule has 3 aromatic heterocycles. The number of aromatic nitrogens is 3. The number of H-pyrrole nitrogens is 1. The predicted octanol–water partition coefficient (Wildman–Crippen LogP) is 3.72. The van der Waals surface area contributed by atoms with Crippen molar-refractivity contribution in [3.05, 3.63) is 68.7 Å². The Morgan fingerprint density at radius 1 is 1.39 bits per heavy atom. The van der Waals surface area contributed by atoms with Gasteiger partial charge in [0.15, 0.2) is 4.96 Å². The third kappa shape index (κ3) is 2.92. The molecular weight excluding hydrogens is 374 g/mol. The van der Waals surface area contributed by atoms with Gasteiger partial charge >= 0.3 is 5.97 Å². The summed E-state index contributed by atoms with van der Waals surface area (Å²) in [5.74, 6) is 0.244. The topological polar surface area (TPSA) is 76.5 Å². The van der Waals surface area contributed by atoms with E-state index in [9.17, 15) is 9.59 Å². The fraction of sp³-hybridized carbons (Fsp3) is 0.286. The van der Waals surface area contributed by atoms with Crippen molar-refractivity contribution in [3.63, 3.8) is 0 Å². The largest absolute Gasteiger partial charge is 0.456 e. The Hall–Kier alpha value is -2.93. The maximum absolute atomic E-state index is 12.6. The Labute approximate surface area is 164 Å². The number of aryl methyl sites for hydroxylation is 1. The molecule has 1 aliphatic rings. The molecule has 142 valence electrons. The summed E-state index contributed by atoms with van der Waals surface area (Å²) in [7, 11) is 0. The van der Waals surface area contributed by atoms with Crippen molar-refractivity contribution in [2.24, 2.45) is 5.92 Å². The lowest BCUT2D eigenvalue weighted by molar-refractivity contribution is 0.0468. The van der Waals surface area contributed by atoms with E-state index in [2.05, 4.69) is 16.9 Å². The van der Waals surface area contributed by atoms with Crippen LogP contribution in [0.15, 0.2) is 40.6 Å². The summed E-state index contributed by atoms with van der Waals surface area (Å²) in [5.41, 5.74) is 4.46. The number of thiazole rings is 1. The predicted molar refractivity (Wildman–Crippen MR) is 108 cm³/mol. The molecule has 1 N–H and O–H groups in total. The number of hydrogen-bond acceptors (Lipinski definition) is 5. The second kappa shape index (κ2) is 6.60. The SMILES string of the molecule is C[C@H]1CCc2[nH]c3ccc(C(=O)OCc4cc(=O)n5ccsc5n4)cc3c2C1. The molecule has 0 unspecified atom stereocenters. The van der Waals surface area contributed by atoms with Crippen LogP contribution in [0.5, 0.6) is 0 Å². The van der Waals surface area contributed by atoms with Gasteiger partial charge in [-0.25, -0.2) is 9.78 Å². The Kier molecular flexibility index (Phi) is 4.05. The second-order valence-electron chi connectivity index (χ2n) is 7.41. The van der Waals surface area contributed by atoms with E-state index < -0.39 is 5.97 Å². The molecule has 1 aromatic carbocycles. The molecule has 0 aliphatic heterocycles. The second-order valence-corrected chi connectivity index (χ2v) is 8.28. The standard InChI is InChI=1S/C21H19N3O3S/c1-12-2-4-17-15(8-12)16-9-13(3-5-18(16)23-17)20(26)27-11-14-10-19(25)24-6-7-28-21(24)22-14/h3,5-7,9-10,12,23H,2,4,8,11H2,1H3/t12-/m0/s1. The van der Waals surface area contributed by atoms with Crippen LogP contribution in [-0.4, -0.2) is 20.3 Å². The number of aromatic amines is 1. The summed E-state index contributed by atoms with van der Waals surface area (Å²) < 4.78 is 6.90. The van der Waals surface area contributed by atoms with Crippen molar-refractivity contribution in [2.45, 2.75) is 32.8 Å². The van der Waals surface area contributed by atoms with Crippen LogP contribution >= 0.6 is 11.3 Å². The molecule has 5 rings (SSSR count). The van der Waals surface area contributed by atoms with Crippen molar-refractivity contribution >= 4 is 33.2 Å². The van der Waals surface area contributed by atoms with Gasteiger partial charge in [-0.05, 0) is 48.9 Å². The van der Waals surface area contributed by atoms with Gasteiger partial charge in [0.05, 0.1) is 11.3 Å². The van der Waals surface area contributed by atoms with Gasteiger partial charge in [-0.15, -0.1) is 11.3 Å². The van der Waals surface area contributed by atoms with E-state index >= 15 is 0 Å². The van der Waals surface area contributed by atoms with E-state index in [4.69, 9.17) is 4.74 Å². The lowest BCUT2D eigenvalue weighted by atomic mass is 9.87. The van der Waals surface area contributed by atoms with Gasteiger partial charge in [0.25, 0.3) is 5.56 Å². The highest BCUT2D eigenvalue weighted by atomic mass is 32.1. The summed E-state index contributed by atoms with van der Waals surface area (Å²) in [5, 5.41) is 2.90. The number of esters is 1. The van der Waals surface area contributed by atoms with Crippen LogP contribution in [0.3, 0.4) is 0 Å². The lowest BCUT2D eigenvalue weighted by Gasteiger charge is -2.18. The molecule has 4 aromatic rings. The van der Waals surface area contributed by atoms with Crippen molar-refractivity contribution in [1.82, 2.24) is 14.4 Å². The van der Waals surface area contributed by atoms with E-state index in [1.165, 1.54) is 39.5 Å². The Morgan fingerprint density at radius 2 is 2.29 bits per heavy atom. The first-order chi connectivity index (χ1) is 13.6. The van der Waals surface area contributed by atoms with Crippen LogP contribution in [0, 0.1) is 5.92 Å². The number of rotatable bonds is 3. The third-order valence-corrected chi connectivity index (χ3v) is 6.13. The summed E-state index contributed by atoms with van der Waals surface area (Å²) in [6.45, 7) is 2.24. The highest BCUT2D eigenvalue weighted by Crippen LogP contribution is 2.32. The minimum atomic E-state index is -0.408. The number of ether oxygens (including phenoxy) is 1. The molecule has 0 bridgehead atoms. The monoisotopic (exact) mass is 393 g/mol. The van der Waals surface area contributed by atoms with Gasteiger partial charge in [0.1, 0.15) is 6.61 Å². The average Bonchev–Trinajstić information content (AvgIpc) is 3.30.